The van der Waals surface area contributed by atoms with Crippen molar-refractivity contribution in [2.75, 3.05) is 53.4 Å². The first-order valence-electron chi connectivity index (χ1n) is 5.07. The molecule has 0 aliphatic rings. The summed E-state index contributed by atoms with van der Waals surface area (Å²) in [6, 6.07) is 0. The Balaban J connectivity index is 2.83. The zero-order valence-electron chi connectivity index (χ0n) is 9.28. The number of methoxy groups -OCH3 is 1. The van der Waals surface area contributed by atoms with E-state index in [0.717, 1.165) is 6.29 Å². The Labute approximate surface area is 90.6 Å². The average molecular weight is 220 g/mol. The van der Waals surface area contributed by atoms with E-state index in [1.54, 1.807) is 7.11 Å². The highest BCUT2D eigenvalue weighted by molar-refractivity contribution is 5.49. The fraction of sp³-hybridized carbons (Fsp3) is 0.900. The lowest BCUT2D eigenvalue weighted by Gasteiger charge is -2.05. The standard InChI is InChI=1S/C10H20O5/c1-12-5-6-14-9-10-15-8-7-13-4-2-3-11/h3H,2,4-10H2,1H3. The Bertz CT molecular complexity index is 129. The van der Waals surface area contributed by atoms with Gasteiger partial charge in [0.2, 0.25) is 0 Å². The topological polar surface area (TPSA) is 54.0 Å². The minimum absolute atomic E-state index is 0.445. The summed E-state index contributed by atoms with van der Waals surface area (Å²) in [5.41, 5.74) is 0. The van der Waals surface area contributed by atoms with E-state index in [4.69, 9.17) is 18.9 Å². The van der Waals surface area contributed by atoms with Crippen LogP contribution in [0.4, 0.5) is 0 Å². The largest absolute Gasteiger partial charge is 0.382 e. The van der Waals surface area contributed by atoms with Gasteiger partial charge in [-0.25, -0.2) is 0 Å². The van der Waals surface area contributed by atoms with Gasteiger partial charge in [0.1, 0.15) is 6.29 Å². The van der Waals surface area contributed by atoms with Crippen LogP contribution < -0.4 is 0 Å². The predicted octanol–water partition coefficient (Wildman–Crippen LogP) is 0.272. The minimum atomic E-state index is 0.445. The second-order valence-corrected chi connectivity index (χ2v) is 2.79. The van der Waals surface area contributed by atoms with Gasteiger partial charge in [0, 0.05) is 13.5 Å². The molecular formula is C10H20O5. The van der Waals surface area contributed by atoms with Crippen LogP contribution in [0.15, 0.2) is 0 Å². The van der Waals surface area contributed by atoms with Crippen LogP contribution in [0.5, 0.6) is 0 Å². The zero-order chi connectivity index (χ0) is 11.2. The molecule has 0 rings (SSSR count). The third kappa shape index (κ3) is 13.5. The zero-order valence-corrected chi connectivity index (χ0v) is 9.28. The highest BCUT2D eigenvalue weighted by atomic mass is 16.6. The molecule has 0 atom stereocenters. The maximum Gasteiger partial charge on any atom is 0.122 e. The Morgan fingerprint density at radius 3 is 1.73 bits per heavy atom. The summed E-state index contributed by atoms with van der Waals surface area (Å²) in [4.78, 5) is 9.93. The maximum atomic E-state index is 9.93. The molecule has 0 radical (unpaired) electrons. The van der Waals surface area contributed by atoms with Gasteiger partial charge in [-0.15, -0.1) is 0 Å². The van der Waals surface area contributed by atoms with Gasteiger partial charge in [-0.05, 0) is 0 Å². The molecule has 0 amide bonds. The van der Waals surface area contributed by atoms with Crippen molar-refractivity contribution in [2.45, 2.75) is 6.42 Å². The molecule has 0 aromatic heterocycles. The molecule has 0 saturated carbocycles. The molecular weight excluding hydrogens is 200 g/mol. The summed E-state index contributed by atoms with van der Waals surface area (Å²) in [6.45, 7) is 3.85. The van der Waals surface area contributed by atoms with E-state index in [1.165, 1.54) is 0 Å². The summed E-state index contributed by atoms with van der Waals surface area (Å²) < 4.78 is 20.3. The van der Waals surface area contributed by atoms with Crippen molar-refractivity contribution in [1.82, 2.24) is 0 Å². The summed E-state index contributed by atoms with van der Waals surface area (Å²) in [7, 11) is 1.64. The van der Waals surface area contributed by atoms with Crippen LogP contribution in [0.3, 0.4) is 0 Å². The third-order valence-electron chi connectivity index (χ3n) is 1.56. The van der Waals surface area contributed by atoms with Crippen molar-refractivity contribution in [3.05, 3.63) is 0 Å². The Kier molecular flexibility index (Phi) is 13.1. The van der Waals surface area contributed by atoms with E-state index < -0.39 is 0 Å². The first kappa shape index (κ1) is 14.5. The van der Waals surface area contributed by atoms with E-state index in [1.807, 2.05) is 0 Å². The molecule has 15 heavy (non-hydrogen) atoms. The van der Waals surface area contributed by atoms with Crippen LogP contribution in [0, 0.1) is 0 Å². The lowest BCUT2D eigenvalue weighted by molar-refractivity contribution is -0.108. The second-order valence-electron chi connectivity index (χ2n) is 2.79. The smallest absolute Gasteiger partial charge is 0.122 e. The van der Waals surface area contributed by atoms with Crippen LogP contribution >= 0.6 is 0 Å². The van der Waals surface area contributed by atoms with Gasteiger partial charge >= 0.3 is 0 Å². The molecule has 0 aromatic rings. The van der Waals surface area contributed by atoms with Crippen LogP contribution in [-0.4, -0.2) is 59.6 Å². The minimum Gasteiger partial charge on any atom is -0.382 e. The Hall–Kier alpha value is -0.490. The Morgan fingerprint density at radius 2 is 1.27 bits per heavy atom. The molecule has 90 valence electrons. The highest BCUT2D eigenvalue weighted by Crippen LogP contribution is 1.82. The van der Waals surface area contributed by atoms with Crippen molar-refractivity contribution in [3.8, 4) is 0 Å². The molecule has 0 N–H and O–H groups in total. The number of carbonyl (C=O) groups is 1. The summed E-state index contributed by atoms with van der Waals surface area (Å²) in [5.74, 6) is 0. The lowest BCUT2D eigenvalue weighted by Crippen LogP contribution is -2.11. The van der Waals surface area contributed by atoms with Crippen LogP contribution in [-0.2, 0) is 23.7 Å². The number of carbonyl (C=O) groups excluding carboxylic acids is 1. The number of hydrogen-bond acceptors (Lipinski definition) is 5. The first-order chi connectivity index (χ1) is 7.41. The van der Waals surface area contributed by atoms with Gasteiger partial charge in [0.15, 0.2) is 0 Å². The van der Waals surface area contributed by atoms with E-state index in [0.29, 0.717) is 52.7 Å². The predicted molar refractivity (Wildman–Crippen MR) is 55.0 cm³/mol. The quantitative estimate of drug-likeness (QED) is 0.349. The molecule has 5 heteroatoms. The van der Waals surface area contributed by atoms with Crippen molar-refractivity contribution < 1.29 is 23.7 Å². The van der Waals surface area contributed by atoms with Gasteiger partial charge in [0.25, 0.3) is 0 Å². The average Bonchev–Trinajstić information content (AvgIpc) is 2.26. The van der Waals surface area contributed by atoms with E-state index in [9.17, 15) is 4.79 Å². The van der Waals surface area contributed by atoms with Crippen molar-refractivity contribution in [1.29, 1.82) is 0 Å². The summed E-state index contributed by atoms with van der Waals surface area (Å²) in [6.07, 6.45) is 1.28. The van der Waals surface area contributed by atoms with Crippen molar-refractivity contribution >= 4 is 6.29 Å². The molecule has 0 bridgehead atoms. The molecule has 0 fully saturated rings. The fourth-order valence-electron chi connectivity index (χ4n) is 0.816. The van der Waals surface area contributed by atoms with Crippen LogP contribution in [0.1, 0.15) is 6.42 Å². The third-order valence-corrected chi connectivity index (χ3v) is 1.56. The molecule has 0 saturated heterocycles. The van der Waals surface area contributed by atoms with Gasteiger partial charge in [0.05, 0.1) is 46.2 Å². The monoisotopic (exact) mass is 220 g/mol. The van der Waals surface area contributed by atoms with Gasteiger partial charge in [-0.1, -0.05) is 0 Å². The van der Waals surface area contributed by atoms with Crippen molar-refractivity contribution in [2.24, 2.45) is 0 Å². The van der Waals surface area contributed by atoms with E-state index in [2.05, 4.69) is 0 Å². The molecule has 0 heterocycles. The van der Waals surface area contributed by atoms with Crippen LogP contribution in [0.25, 0.3) is 0 Å². The normalized spacial score (nSPS) is 10.5. The molecule has 0 aliphatic carbocycles. The molecule has 5 nitrogen and oxygen atoms in total. The SMILES string of the molecule is COCCOCCOCCOCCC=O. The summed E-state index contributed by atoms with van der Waals surface area (Å²) >= 11 is 0. The van der Waals surface area contributed by atoms with Gasteiger partial charge in [-0.2, -0.15) is 0 Å². The number of rotatable bonds is 12. The number of aldehydes is 1. The summed E-state index contributed by atoms with van der Waals surface area (Å²) in [5, 5.41) is 0. The Morgan fingerprint density at radius 1 is 0.800 bits per heavy atom. The van der Waals surface area contributed by atoms with E-state index >= 15 is 0 Å². The van der Waals surface area contributed by atoms with E-state index in [-0.39, 0.29) is 0 Å². The maximum absolute atomic E-state index is 9.93. The molecule has 0 aromatic carbocycles. The first-order valence-corrected chi connectivity index (χ1v) is 5.07. The van der Waals surface area contributed by atoms with Crippen molar-refractivity contribution in [3.63, 3.8) is 0 Å². The highest BCUT2D eigenvalue weighted by Gasteiger charge is 1.91. The fourth-order valence-corrected chi connectivity index (χ4v) is 0.816. The molecule has 0 unspecified atom stereocenters. The second kappa shape index (κ2) is 13.5. The van der Waals surface area contributed by atoms with Gasteiger partial charge < -0.3 is 23.7 Å². The molecule has 0 aliphatic heterocycles. The number of hydrogen-bond donors (Lipinski definition) is 0. The lowest BCUT2D eigenvalue weighted by atomic mass is 10.5. The number of ether oxygens (including phenoxy) is 4. The van der Waals surface area contributed by atoms with Crippen LogP contribution in [0.2, 0.25) is 0 Å². The molecule has 0 spiro atoms. The van der Waals surface area contributed by atoms with Gasteiger partial charge in [-0.3, -0.25) is 0 Å².